The molecule has 0 aliphatic carbocycles. The van der Waals surface area contributed by atoms with Crippen LogP contribution in [-0.4, -0.2) is 132 Å². The molecule has 0 saturated carbocycles. The van der Waals surface area contributed by atoms with Gasteiger partial charge in [0.05, 0.1) is 31.7 Å². The predicted octanol–water partition coefficient (Wildman–Crippen LogP) is -10.1. The number of nitrogens with two attached hydrogens (primary N) is 1. The molecule has 0 aromatic rings. The van der Waals surface area contributed by atoms with E-state index in [9.17, 15) is 34.8 Å². The minimum Gasteiger partial charge on any atom is -0.547 e. The average Bonchev–Trinajstić information content (AvgIpc) is 2.73. The van der Waals surface area contributed by atoms with Crippen LogP contribution in [0.5, 0.6) is 0 Å². The van der Waals surface area contributed by atoms with Crippen LogP contribution in [0.2, 0.25) is 0 Å². The summed E-state index contributed by atoms with van der Waals surface area (Å²) in [7, 11) is 0. The smallest absolute Gasteiger partial charge is 0.547 e. The number of esters is 1. The molecular weight excluding hydrogens is 486 g/mol. The number of aliphatic hydroxyl groups excluding tert-OH is 9. The number of hydrogen-bond acceptors (Lipinski definition) is 16. The van der Waals surface area contributed by atoms with E-state index in [4.69, 9.17) is 41.5 Å². The number of carboxylic acids is 2. The van der Waals surface area contributed by atoms with E-state index in [2.05, 4.69) is 4.74 Å². The van der Waals surface area contributed by atoms with Crippen molar-refractivity contribution in [3.05, 3.63) is 0 Å². The zero-order chi connectivity index (χ0) is 24.2. The minimum absolute atomic E-state index is 0. The molecular formula is C14H25CuNO15. The van der Waals surface area contributed by atoms with Gasteiger partial charge in [-0.3, -0.25) is 4.79 Å². The Kier molecular flexibility index (Phi) is 18.9. The molecule has 11 N–H and O–H groups in total. The maximum atomic E-state index is 10.8. The third-order valence-corrected chi connectivity index (χ3v) is 3.39. The molecule has 0 spiro atoms. The molecule has 187 valence electrons. The molecule has 0 heterocycles. The zero-order valence-electron chi connectivity index (χ0n) is 15.6. The van der Waals surface area contributed by atoms with E-state index in [1.165, 1.54) is 0 Å². The Morgan fingerprint density at radius 3 is 1.42 bits per heavy atom. The largest absolute Gasteiger partial charge is 2.00 e. The zero-order valence-corrected chi connectivity index (χ0v) is 16.5. The summed E-state index contributed by atoms with van der Waals surface area (Å²) in [4.78, 5) is 31.3. The fraction of sp³-hybridized carbons (Fsp3) is 0.786. The molecule has 8 atom stereocenters. The van der Waals surface area contributed by atoms with Gasteiger partial charge in [0, 0.05) is 0 Å². The molecule has 0 fully saturated rings. The number of carbonyl (C=O) groups is 3. The van der Waals surface area contributed by atoms with Crippen molar-refractivity contribution in [2.24, 2.45) is 5.73 Å². The van der Waals surface area contributed by atoms with Gasteiger partial charge in [0.2, 0.25) is 0 Å². The molecule has 17 heteroatoms. The summed E-state index contributed by atoms with van der Waals surface area (Å²) in [6.07, 6.45) is -16.2. The van der Waals surface area contributed by atoms with Gasteiger partial charge in [-0.1, -0.05) is 0 Å². The van der Waals surface area contributed by atoms with Crippen molar-refractivity contribution in [1.29, 1.82) is 0 Å². The summed E-state index contributed by atoms with van der Waals surface area (Å²) in [6.45, 7) is -2.41. The van der Waals surface area contributed by atoms with Gasteiger partial charge in [-0.2, -0.15) is 0 Å². The Morgan fingerprint density at radius 2 is 1.13 bits per heavy atom. The molecule has 16 nitrogen and oxygen atoms in total. The second-order valence-corrected chi connectivity index (χ2v) is 5.66. The quantitative estimate of drug-likeness (QED) is 0.0859. The summed E-state index contributed by atoms with van der Waals surface area (Å²) >= 11 is 0. The Morgan fingerprint density at radius 1 is 0.742 bits per heavy atom. The fourth-order valence-corrected chi connectivity index (χ4v) is 1.62. The van der Waals surface area contributed by atoms with E-state index in [1.54, 1.807) is 0 Å². The summed E-state index contributed by atoms with van der Waals surface area (Å²) in [5.74, 6) is -5.08. The number of rotatable bonds is 12. The van der Waals surface area contributed by atoms with Gasteiger partial charge in [0.1, 0.15) is 42.7 Å². The molecule has 0 aromatic heterocycles. The van der Waals surface area contributed by atoms with Gasteiger partial charge < -0.3 is 76.2 Å². The molecule has 0 aliphatic rings. The first kappa shape index (κ1) is 34.1. The van der Waals surface area contributed by atoms with Gasteiger partial charge >= 0.3 is 23.0 Å². The van der Waals surface area contributed by atoms with Crippen LogP contribution in [0.25, 0.3) is 0 Å². The summed E-state index contributed by atoms with van der Waals surface area (Å²) in [5.41, 5.74) is 4.86. The van der Waals surface area contributed by atoms with Crippen molar-refractivity contribution in [3.8, 4) is 0 Å². The fourth-order valence-electron chi connectivity index (χ4n) is 1.62. The molecule has 0 amide bonds. The maximum Gasteiger partial charge on any atom is 2.00 e. The molecule has 0 aliphatic heterocycles. The van der Waals surface area contributed by atoms with E-state index in [0.717, 1.165) is 0 Å². The van der Waals surface area contributed by atoms with Crippen molar-refractivity contribution < 1.29 is 92.4 Å². The van der Waals surface area contributed by atoms with E-state index in [1.807, 2.05) is 0 Å². The van der Waals surface area contributed by atoms with Crippen molar-refractivity contribution in [2.45, 2.75) is 48.8 Å². The van der Waals surface area contributed by atoms with Crippen LogP contribution in [0.15, 0.2) is 0 Å². The first-order chi connectivity index (χ1) is 13.8. The van der Waals surface area contributed by atoms with E-state index < -0.39 is 86.5 Å². The molecule has 0 saturated heterocycles. The topological polar surface area (TPSA) is 315 Å². The number of aliphatic carboxylic acids is 2. The van der Waals surface area contributed by atoms with Gasteiger partial charge in [-0.15, -0.1) is 0 Å². The van der Waals surface area contributed by atoms with Crippen molar-refractivity contribution in [2.75, 3.05) is 19.8 Å². The first-order valence-corrected chi connectivity index (χ1v) is 8.06. The minimum atomic E-state index is -2.31. The average molecular weight is 511 g/mol. The second-order valence-electron chi connectivity index (χ2n) is 5.66. The van der Waals surface area contributed by atoms with E-state index in [-0.39, 0.29) is 17.1 Å². The predicted molar refractivity (Wildman–Crippen MR) is 85.2 cm³/mol. The van der Waals surface area contributed by atoms with Gasteiger partial charge in [-0.25, -0.2) is 0 Å². The van der Waals surface area contributed by atoms with E-state index >= 15 is 0 Å². The van der Waals surface area contributed by atoms with Gasteiger partial charge in [0.15, 0.2) is 6.10 Å². The van der Waals surface area contributed by atoms with Crippen molar-refractivity contribution in [1.82, 2.24) is 0 Å². The maximum absolute atomic E-state index is 10.8. The van der Waals surface area contributed by atoms with Crippen molar-refractivity contribution in [3.63, 3.8) is 0 Å². The molecule has 0 rings (SSSR count). The molecule has 1 radical (unpaired) electrons. The first-order valence-electron chi connectivity index (χ1n) is 8.06. The number of carbonyl (C=O) groups excluding carboxylic acids is 3. The van der Waals surface area contributed by atoms with Crippen LogP contribution < -0.4 is 15.9 Å². The second kappa shape index (κ2) is 17.1. The van der Waals surface area contributed by atoms with Gasteiger partial charge in [-0.05, 0) is 0 Å². The summed E-state index contributed by atoms with van der Waals surface area (Å²) < 4.78 is 4.21. The Labute approximate surface area is 185 Å². The van der Waals surface area contributed by atoms with Crippen molar-refractivity contribution >= 4 is 17.9 Å². The summed E-state index contributed by atoms with van der Waals surface area (Å²) in [6, 6.07) is 0. The number of ether oxygens (including phenoxy) is 1. The van der Waals surface area contributed by atoms with Crippen LogP contribution in [0.3, 0.4) is 0 Å². The number of aliphatic hydroxyl groups is 9. The van der Waals surface area contributed by atoms with Crippen LogP contribution in [0, 0.1) is 0 Å². The summed E-state index contributed by atoms with van der Waals surface area (Å²) in [5, 5.41) is 100. The van der Waals surface area contributed by atoms with Crippen LogP contribution in [0.4, 0.5) is 0 Å². The molecule has 0 aromatic carbocycles. The SMILES string of the molecule is NCC(=O)O[C@@H](C(=O)[O-])[C@@H](O)[C@H](O)[C@H](O)CO.O=C([O-])[C@H](O)[C@@H](O)[C@H](O)[C@H](O)CO.[Cu+2]. The Bertz CT molecular complexity index is 538. The third kappa shape index (κ3) is 12.2. The Hall–Kier alpha value is -1.47. The van der Waals surface area contributed by atoms with Crippen LogP contribution >= 0.6 is 0 Å². The molecule has 0 bridgehead atoms. The molecule has 31 heavy (non-hydrogen) atoms. The standard InChI is InChI=1S/C8H15NO8.C6H12O7.Cu/c9-1-4(12)17-7(8(15)16)6(14)5(13)3(11)2-10;7-1-2(8)3(9)4(10)5(11)6(12)13;/h3,5-7,10-11,13-14H,1-2,9H2,(H,15,16);2-5,7-11H,1H2,(H,12,13);/q;;+2/p-2/t3-,5-,6+,7-;2-,3-,4+,5-;/m11./s1. The normalized spacial score (nSPS) is 18.4. The molecule has 0 unspecified atom stereocenters. The van der Waals surface area contributed by atoms with Crippen LogP contribution in [-0.2, 0) is 36.2 Å². The number of hydrogen-bond donors (Lipinski definition) is 10. The van der Waals surface area contributed by atoms with Gasteiger partial charge in [0.25, 0.3) is 0 Å². The van der Waals surface area contributed by atoms with E-state index in [0.29, 0.717) is 0 Å². The van der Waals surface area contributed by atoms with Crippen LogP contribution in [0.1, 0.15) is 0 Å². The Balaban J connectivity index is -0.000000507. The number of carboxylic acid groups (broad SMARTS) is 2. The monoisotopic (exact) mass is 510 g/mol. The third-order valence-electron chi connectivity index (χ3n) is 3.39.